The van der Waals surface area contributed by atoms with Crippen molar-refractivity contribution in [2.75, 3.05) is 19.8 Å². The maximum Gasteiger partial charge on any atom is 0.216 e. The molecule has 0 aromatic carbocycles. The smallest absolute Gasteiger partial charge is 0.216 e. The van der Waals surface area contributed by atoms with Crippen molar-refractivity contribution in [1.29, 1.82) is 0 Å². The summed E-state index contributed by atoms with van der Waals surface area (Å²) in [7, 11) is 0. The quantitative estimate of drug-likeness (QED) is 0.473. The molecule has 0 aromatic rings. The van der Waals surface area contributed by atoms with Gasteiger partial charge < -0.3 is 14.3 Å². The summed E-state index contributed by atoms with van der Waals surface area (Å²) in [5.41, 5.74) is 0. The third kappa shape index (κ3) is 3.70. The highest BCUT2D eigenvalue weighted by Crippen LogP contribution is 2.13. The van der Waals surface area contributed by atoms with Gasteiger partial charge in [0.1, 0.15) is 0 Å². The zero-order chi connectivity index (χ0) is 8.65. The van der Waals surface area contributed by atoms with Gasteiger partial charge in [-0.2, -0.15) is 0 Å². The normalized spacial score (nSPS) is 23.4. The van der Waals surface area contributed by atoms with Crippen molar-refractivity contribution in [2.24, 2.45) is 0 Å². The Morgan fingerprint density at radius 3 is 3.08 bits per heavy atom. The van der Waals surface area contributed by atoms with Crippen LogP contribution in [0.2, 0.25) is 0 Å². The third-order valence-electron chi connectivity index (χ3n) is 1.86. The number of ether oxygens (including phenoxy) is 2. The van der Waals surface area contributed by atoms with Gasteiger partial charge in [-0.3, -0.25) is 0 Å². The number of hydrogen-bond acceptors (Lipinski definition) is 2. The van der Waals surface area contributed by atoms with Crippen LogP contribution in [0.25, 0.3) is 4.85 Å². The molecule has 0 saturated carbocycles. The maximum atomic E-state index is 6.56. The zero-order valence-electron chi connectivity index (χ0n) is 7.29. The van der Waals surface area contributed by atoms with Crippen LogP contribution < -0.4 is 0 Å². The molecule has 1 heterocycles. The average Bonchev–Trinajstić information content (AvgIpc) is 2.14. The lowest BCUT2D eigenvalue weighted by Gasteiger charge is -2.22. The molecule has 1 unspecified atom stereocenters. The van der Waals surface area contributed by atoms with E-state index in [0.29, 0.717) is 13.2 Å². The highest BCUT2D eigenvalue weighted by atomic mass is 16.7. The molecular formula is C9H15NO2. The van der Waals surface area contributed by atoms with Crippen LogP contribution in [0, 0.1) is 6.57 Å². The monoisotopic (exact) mass is 169 g/mol. The molecule has 0 amide bonds. The van der Waals surface area contributed by atoms with Crippen LogP contribution in [-0.4, -0.2) is 26.0 Å². The molecule has 0 radical (unpaired) electrons. The van der Waals surface area contributed by atoms with Crippen molar-refractivity contribution in [3.05, 3.63) is 11.4 Å². The molecule has 1 aliphatic heterocycles. The maximum absolute atomic E-state index is 6.56. The Balaban J connectivity index is 1.95. The molecular weight excluding hydrogens is 154 g/mol. The first-order valence-corrected chi connectivity index (χ1v) is 4.50. The number of rotatable bonds is 4. The van der Waals surface area contributed by atoms with E-state index in [0.717, 1.165) is 25.9 Å². The largest absolute Gasteiger partial charge is 0.353 e. The first kappa shape index (κ1) is 9.50. The van der Waals surface area contributed by atoms with Crippen molar-refractivity contribution in [2.45, 2.75) is 32.0 Å². The van der Waals surface area contributed by atoms with Gasteiger partial charge in [-0.1, -0.05) is 0 Å². The summed E-state index contributed by atoms with van der Waals surface area (Å²) in [5.74, 6) is 0. The summed E-state index contributed by atoms with van der Waals surface area (Å²) in [5, 5.41) is 0. The van der Waals surface area contributed by atoms with Crippen LogP contribution >= 0.6 is 0 Å². The molecule has 0 bridgehead atoms. The van der Waals surface area contributed by atoms with Crippen LogP contribution in [0.1, 0.15) is 25.7 Å². The second kappa shape index (κ2) is 5.99. The third-order valence-corrected chi connectivity index (χ3v) is 1.86. The molecule has 1 fully saturated rings. The van der Waals surface area contributed by atoms with Crippen molar-refractivity contribution < 1.29 is 9.47 Å². The van der Waals surface area contributed by atoms with E-state index in [1.807, 2.05) is 0 Å². The second-order valence-electron chi connectivity index (χ2n) is 2.90. The van der Waals surface area contributed by atoms with Crippen LogP contribution in [0.15, 0.2) is 0 Å². The lowest BCUT2D eigenvalue weighted by Crippen LogP contribution is -2.22. The molecule has 3 heteroatoms. The molecule has 3 nitrogen and oxygen atoms in total. The number of nitrogens with zero attached hydrogens (tertiary/aromatic N) is 1. The van der Waals surface area contributed by atoms with Gasteiger partial charge in [-0.25, -0.2) is 6.57 Å². The van der Waals surface area contributed by atoms with Crippen molar-refractivity contribution in [3.63, 3.8) is 0 Å². The molecule has 1 saturated heterocycles. The van der Waals surface area contributed by atoms with Crippen molar-refractivity contribution >= 4 is 0 Å². The predicted molar refractivity (Wildman–Crippen MR) is 45.6 cm³/mol. The molecule has 0 N–H and O–H groups in total. The lowest BCUT2D eigenvalue weighted by molar-refractivity contribution is -0.162. The van der Waals surface area contributed by atoms with Crippen LogP contribution in [-0.2, 0) is 9.47 Å². The van der Waals surface area contributed by atoms with Gasteiger partial charge >= 0.3 is 0 Å². The fraction of sp³-hybridized carbons (Fsp3) is 0.889. The summed E-state index contributed by atoms with van der Waals surface area (Å²) < 4.78 is 10.8. The minimum Gasteiger partial charge on any atom is -0.353 e. The predicted octanol–water partition coefficient (Wildman–Crippen LogP) is 1.84. The Bertz CT molecular complexity index is 147. The molecule has 12 heavy (non-hydrogen) atoms. The van der Waals surface area contributed by atoms with Crippen LogP contribution in [0.4, 0.5) is 0 Å². The Labute approximate surface area is 73.5 Å². The van der Waals surface area contributed by atoms with Gasteiger partial charge in [0.05, 0.1) is 6.61 Å². The zero-order valence-corrected chi connectivity index (χ0v) is 7.29. The summed E-state index contributed by atoms with van der Waals surface area (Å²) in [6.07, 6.45) is 4.20. The Morgan fingerprint density at radius 2 is 2.42 bits per heavy atom. The van der Waals surface area contributed by atoms with E-state index >= 15 is 0 Å². The molecule has 1 aliphatic rings. The minimum absolute atomic E-state index is 0.00415. The lowest BCUT2D eigenvalue weighted by atomic mass is 10.2. The van der Waals surface area contributed by atoms with Gasteiger partial charge in [-0.15, -0.1) is 0 Å². The van der Waals surface area contributed by atoms with E-state index in [4.69, 9.17) is 16.0 Å². The summed E-state index contributed by atoms with van der Waals surface area (Å²) in [6.45, 7) is 8.61. The van der Waals surface area contributed by atoms with Gasteiger partial charge in [0.15, 0.2) is 6.29 Å². The Morgan fingerprint density at radius 1 is 1.50 bits per heavy atom. The van der Waals surface area contributed by atoms with E-state index < -0.39 is 0 Å². The minimum atomic E-state index is 0.00415. The summed E-state index contributed by atoms with van der Waals surface area (Å²) in [6, 6.07) is 0. The van der Waals surface area contributed by atoms with Crippen LogP contribution in [0.5, 0.6) is 0 Å². The topological polar surface area (TPSA) is 22.8 Å². The number of hydrogen-bond donors (Lipinski definition) is 0. The van der Waals surface area contributed by atoms with Gasteiger partial charge in [-0.05, 0) is 19.3 Å². The molecule has 0 aliphatic carbocycles. The van der Waals surface area contributed by atoms with E-state index in [1.54, 1.807) is 0 Å². The second-order valence-corrected chi connectivity index (χ2v) is 2.90. The molecule has 1 rings (SSSR count). The Hall–Kier alpha value is -0.590. The fourth-order valence-corrected chi connectivity index (χ4v) is 1.20. The van der Waals surface area contributed by atoms with Gasteiger partial charge in [0, 0.05) is 13.0 Å². The Kier molecular flexibility index (Phi) is 4.74. The first-order valence-electron chi connectivity index (χ1n) is 4.50. The van der Waals surface area contributed by atoms with Gasteiger partial charge in [0.2, 0.25) is 6.54 Å². The van der Waals surface area contributed by atoms with E-state index in [1.165, 1.54) is 6.42 Å². The SMILES string of the molecule is [C-]#[N+]CCCOC1CCCCO1. The van der Waals surface area contributed by atoms with E-state index in [9.17, 15) is 0 Å². The fourth-order valence-electron chi connectivity index (χ4n) is 1.20. The summed E-state index contributed by atoms with van der Waals surface area (Å²) >= 11 is 0. The highest BCUT2D eigenvalue weighted by Gasteiger charge is 2.13. The van der Waals surface area contributed by atoms with E-state index in [2.05, 4.69) is 4.85 Å². The molecule has 68 valence electrons. The van der Waals surface area contributed by atoms with Crippen molar-refractivity contribution in [1.82, 2.24) is 0 Å². The average molecular weight is 169 g/mol. The molecule has 0 aromatic heterocycles. The van der Waals surface area contributed by atoms with E-state index in [-0.39, 0.29) is 6.29 Å². The first-order chi connectivity index (χ1) is 5.93. The van der Waals surface area contributed by atoms with Gasteiger partial charge in [0.25, 0.3) is 0 Å². The van der Waals surface area contributed by atoms with Crippen LogP contribution in [0.3, 0.4) is 0 Å². The standard InChI is InChI=1S/C9H15NO2/c1-10-6-4-8-12-9-5-2-3-7-11-9/h9H,2-8H2. The van der Waals surface area contributed by atoms with Crippen molar-refractivity contribution in [3.8, 4) is 0 Å². The molecule has 1 atom stereocenters. The highest BCUT2D eigenvalue weighted by molar-refractivity contribution is 4.58. The molecule has 0 spiro atoms. The summed E-state index contributed by atoms with van der Waals surface area (Å²) in [4.78, 5) is 3.25.